The van der Waals surface area contributed by atoms with Gasteiger partial charge in [-0.05, 0) is 35.7 Å². The highest BCUT2D eigenvalue weighted by atomic mass is 32.1. The minimum Gasteiger partial charge on any atom is -0.322 e. The standard InChI is InChI=1S/C20H12FN3O3S/c21-15-8-7-12(10-18(15)24(26)27)22-20(25)14-11-17(19-6-3-9-28-19)23-16-5-2-1-4-13(14)16/h1-11H,(H,22,25). The van der Waals surface area contributed by atoms with E-state index < -0.39 is 22.3 Å². The van der Waals surface area contributed by atoms with Crippen LogP contribution in [0.3, 0.4) is 0 Å². The summed E-state index contributed by atoms with van der Waals surface area (Å²) in [5.74, 6) is -1.42. The van der Waals surface area contributed by atoms with E-state index in [0.717, 1.165) is 17.0 Å². The molecule has 0 aliphatic rings. The molecule has 0 unspecified atom stereocenters. The number of rotatable bonds is 4. The van der Waals surface area contributed by atoms with Crippen LogP contribution in [0.15, 0.2) is 66.0 Å². The van der Waals surface area contributed by atoms with Gasteiger partial charge in [-0.3, -0.25) is 14.9 Å². The molecule has 1 N–H and O–H groups in total. The van der Waals surface area contributed by atoms with Gasteiger partial charge in [0.1, 0.15) is 0 Å². The normalized spacial score (nSPS) is 10.8. The summed E-state index contributed by atoms with van der Waals surface area (Å²) in [5, 5.41) is 16.1. The summed E-state index contributed by atoms with van der Waals surface area (Å²) in [6.45, 7) is 0. The molecule has 28 heavy (non-hydrogen) atoms. The third-order valence-electron chi connectivity index (χ3n) is 4.14. The quantitative estimate of drug-likeness (QED) is 0.378. The molecule has 6 nitrogen and oxygen atoms in total. The van der Waals surface area contributed by atoms with Gasteiger partial charge in [0.25, 0.3) is 5.91 Å². The predicted molar refractivity (Wildman–Crippen MR) is 106 cm³/mol. The van der Waals surface area contributed by atoms with Crippen molar-refractivity contribution in [3.8, 4) is 10.6 Å². The zero-order chi connectivity index (χ0) is 19.7. The first-order valence-corrected chi connectivity index (χ1v) is 9.10. The predicted octanol–water partition coefficient (Wildman–Crippen LogP) is 5.26. The van der Waals surface area contributed by atoms with Gasteiger partial charge < -0.3 is 5.32 Å². The molecule has 0 saturated carbocycles. The van der Waals surface area contributed by atoms with E-state index in [1.165, 1.54) is 17.4 Å². The number of nitro groups is 1. The maximum absolute atomic E-state index is 13.5. The van der Waals surface area contributed by atoms with Crippen LogP contribution < -0.4 is 5.32 Å². The van der Waals surface area contributed by atoms with E-state index in [9.17, 15) is 19.3 Å². The van der Waals surface area contributed by atoms with Crippen molar-refractivity contribution < 1.29 is 14.1 Å². The number of amides is 1. The molecule has 0 spiro atoms. The van der Waals surface area contributed by atoms with Gasteiger partial charge in [0.15, 0.2) is 0 Å². The number of fused-ring (bicyclic) bond motifs is 1. The van der Waals surface area contributed by atoms with Gasteiger partial charge in [-0.15, -0.1) is 11.3 Å². The average Bonchev–Trinajstić information content (AvgIpc) is 3.23. The third kappa shape index (κ3) is 3.33. The molecule has 0 saturated heterocycles. The number of hydrogen-bond donors (Lipinski definition) is 1. The first-order chi connectivity index (χ1) is 13.5. The Labute approximate surface area is 162 Å². The molecule has 138 valence electrons. The number of para-hydroxylation sites is 1. The molecule has 0 fully saturated rings. The lowest BCUT2D eigenvalue weighted by atomic mass is 10.1. The van der Waals surface area contributed by atoms with E-state index in [-0.39, 0.29) is 5.69 Å². The van der Waals surface area contributed by atoms with Crippen LogP contribution in [0.5, 0.6) is 0 Å². The number of hydrogen-bond acceptors (Lipinski definition) is 5. The number of carbonyl (C=O) groups excluding carboxylic acids is 1. The second-order valence-corrected chi connectivity index (χ2v) is 6.87. The number of nitrogens with zero attached hydrogens (tertiary/aromatic N) is 2. The minimum atomic E-state index is -0.961. The van der Waals surface area contributed by atoms with Crippen molar-refractivity contribution in [3.05, 3.63) is 87.5 Å². The molecule has 2 aromatic carbocycles. The van der Waals surface area contributed by atoms with E-state index in [1.54, 1.807) is 18.2 Å². The van der Waals surface area contributed by atoms with Crippen LogP contribution in [-0.4, -0.2) is 15.8 Å². The third-order valence-corrected chi connectivity index (χ3v) is 5.03. The Bertz CT molecular complexity index is 1210. The zero-order valence-corrected chi connectivity index (χ0v) is 15.1. The molecule has 2 aromatic heterocycles. The van der Waals surface area contributed by atoms with E-state index in [0.29, 0.717) is 22.2 Å². The van der Waals surface area contributed by atoms with Gasteiger partial charge in [0, 0.05) is 17.1 Å². The summed E-state index contributed by atoms with van der Waals surface area (Å²) < 4.78 is 13.5. The van der Waals surface area contributed by atoms with E-state index >= 15 is 0 Å². The summed E-state index contributed by atoms with van der Waals surface area (Å²) in [5.41, 5.74) is 1.13. The van der Waals surface area contributed by atoms with Crippen molar-refractivity contribution in [2.45, 2.75) is 0 Å². The molecule has 0 aliphatic heterocycles. The summed E-state index contributed by atoms with van der Waals surface area (Å²) in [4.78, 5) is 28.5. The highest BCUT2D eigenvalue weighted by molar-refractivity contribution is 7.13. The van der Waals surface area contributed by atoms with Crippen molar-refractivity contribution in [2.24, 2.45) is 0 Å². The Morgan fingerprint density at radius 1 is 1.11 bits per heavy atom. The van der Waals surface area contributed by atoms with Crippen LogP contribution in [0.4, 0.5) is 15.8 Å². The Balaban J connectivity index is 1.77. The second-order valence-electron chi connectivity index (χ2n) is 5.93. The highest BCUT2D eigenvalue weighted by Crippen LogP contribution is 2.29. The van der Waals surface area contributed by atoms with Crippen LogP contribution >= 0.6 is 11.3 Å². The lowest BCUT2D eigenvalue weighted by molar-refractivity contribution is -0.387. The fraction of sp³-hybridized carbons (Fsp3) is 0. The van der Waals surface area contributed by atoms with Crippen molar-refractivity contribution in [1.29, 1.82) is 0 Å². The largest absolute Gasteiger partial charge is 0.322 e. The zero-order valence-electron chi connectivity index (χ0n) is 14.3. The first kappa shape index (κ1) is 17.7. The number of anilines is 1. The van der Waals surface area contributed by atoms with Crippen molar-refractivity contribution in [1.82, 2.24) is 4.98 Å². The number of aromatic nitrogens is 1. The fourth-order valence-electron chi connectivity index (χ4n) is 2.84. The lowest BCUT2D eigenvalue weighted by Gasteiger charge is -2.10. The van der Waals surface area contributed by atoms with Crippen molar-refractivity contribution in [2.75, 3.05) is 5.32 Å². The van der Waals surface area contributed by atoms with Crippen molar-refractivity contribution in [3.63, 3.8) is 0 Å². The fourth-order valence-corrected chi connectivity index (χ4v) is 3.53. The molecule has 1 amide bonds. The molecule has 0 aliphatic carbocycles. The lowest BCUT2D eigenvalue weighted by Crippen LogP contribution is -2.13. The number of nitro benzene ring substituents is 1. The summed E-state index contributed by atoms with van der Waals surface area (Å²) in [6.07, 6.45) is 0. The Morgan fingerprint density at radius 2 is 1.93 bits per heavy atom. The van der Waals surface area contributed by atoms with E-state index in [4.69, 9.17) is 0 Å². The summed E-state index contributed by atoms with van der Waals surface area (Å²) in [7, 11) is 0. The van der Waals surface area contributed by atoms with Crippen LogP contribution in [0.2, 0.25) is 0 Å². The van der Waals surface area contributed by atoms with Crippen LogP contribution in [0.25, 0.3) is 21.5 Å². The Kier molecular flexibility index (Phi) is 4.54. The van der Waals surface area contributed by atoms with Gasteiger partial charge in [0.2, 0.25) is 5.82 Å². The van der Waals surface area contributed by atoms with Gasteiger partial charge in [-0.25, -0.2) is 4.98 Å². The topological polar surface area (TPSA) is 85.1 Å². The van der Waals surface area contributed by atoms with Gasteiger partial charge >= 0.3 is 5.69 Å². The Hall–Kier alpha value is -3.65. The minimum absolute atomic E-state index is 0.136. The number of nitrogens with one attached hydrogen (secondary N) is 1. The summed E-state index contributed by atoms with van der Waals surface area (Å²) in [6, 6.07) is 15.9. The molecule has 4 rings (SSSR count). The molecule has 0 bridgehead atoms. The number of benzene rings is 2. The highest BCUT2D eigenvalue weighted by Gasteiger charge is 2.18. The van der Waals surface area contributed by atoms with E-state index in [2.05, 4.69) is 10.3 Å². The maximum Gasteiger partial charge on any atom is 0.306 e. The Morgan fingerprint density at radius 3 is 2.68 bits per heavy atom. The summed E-state index contributed by atoms with van der Waals surface area (Å²) >= 11 is 1.50. The van der Waals surface area contributed by atoms with Crippen LogP contribution in [0.1, 0.15) is 10.4 Å². The molecular formula is C20H12FN3O3S. The second kappa shape index (κ2) is 7.16. The molecule has 2 heterocycles. The SMILES string of the molecule is O=C(Nc1ccc(F)c([N+](=O)[O-])c1)c1cc(-c2cccs2)nc2ccccc12. The number of thiophene rings is 1. The van der Waals surface area contributed by atoms with Gasteiger partial charge in [-0.2, -0.15) is 4.39 Å². The molecule has 0 radical (unpaired) electrons. The number of carbonyl (C=O) groups is 1. The molecular weight excluding hydrogens is 381 g/mol. The van der Waals surface area contributed by atoms with Crippen molar-refractivity contribution >= 4 is 39.5 Å². The van der Waals surface area contributed by atoms with Gasteiger partial charge in [0.05, 0.1) is 26.6 Å². The maximum atomic E-state index is 13.5. The monoisotopic (exact) mass is 393 g/mol. The number of halogens is 1. The number of pyridine rings is 1. The van der Waals surface area contributed by atoms with E-state index in [1.807, 2.05) is 29.6 Å². The van der Waals surface area contributed by atoms with Crippen LogP contribution in [-0.2, 0) is 0 Å². The van der Waals surface area contributed by atoms with Gasteiger partial charge in [-0.1, -0.05) is 24.3 Å². The van der Waals surface area contributed by atoms with Crippen LogP contribution in [0, 0.1) is 15.9 Å². The first-order valence-electron chi connectivity index (χ1n) is 8.22. The average molecular weight is 393 g/mol. The smallest absolute Gasteiger partial charge is 0.306 e. The molecule has 0 atom stereocenters. The molecule has 4 aromatic rings. The molecule has 8 heteroatoms.